The van der Waals surface area contributed by atoms with Crippen molar-refractivity contribution < 1.29 is 38.3 Å². The molecule has 14 heteroatoms. The van der Waals surface area contributed by atoms with Crippen molar-refractivity contribution in [3.63, 3.8) is 0 Å². The van der Waals surface area contributed by atoms with Crippen molar-refractivity contribution in [1.29, 1.82) is 0 Å². The van der Waals surface area contributed by atoms with E-state index in [4.69, 9.17) is 51.1 Å². The molecule has 0 aliphatic carbocycles. The molecule has 57 heavy (non-hydrogen) atoms. The number of terminal acetylenes is 2. The quantitative estimate of drug-likeness (QED) is 0.0635. The molecule has 3 N–H and O–H groups in total. The first-order valence-corrected chi connectivity index (χ1v) is 17.8. The molecule has 0 atom stereocenters. The summed E-state index contributed by atoms with van der Waals surface area (Å²) in [6, 6.07) is 22.3. The van der Waals surface area contributed by atoms with Crippen LogP contribution in [0.5, 0.6) is 23.0 Å². The van der Waals surface area contributed by atoms with E-state index in [0.717, 1.165) is 38.8 Å². The number of methoxy groups -OCH3 is 3. The van der Waals surface area contributed by atoms with E-state index in [1.54, 1.807) is 33.5 Å². The largest absolute Gasteiger partial charge is 0.487 e. The van der Waals surface area contributed by atoms with Gasteiger partial charge in [-0.15, -0.1) is 12.8 Å². The highest BCUT2D eigenvalue weighted by Crippen LogP contribution is 2.36. The Bertz CT molecular complexity index is 2310. The topological polar surface area (TPSA) is 160 Å². The molecule has 0 aliphatic heterocycles. The number of aliphatic hydroxyl groups excluding tert-OH is 1. The highest BCUT2D eigenvalue weighted by Gasteiger charge is 2.15. The van der Waals surface area contributed by atoms with Crippen molar-refractivity contribution in [2.45, 2.75) is 0 Å². The van der Waals surface area contributed by atoms with E-state index in [1.165, 1.54) is 12.7 Å². The van der Waals surface area contributed by atoms with E-state index in [-0.39, 0.29) is 13.2 Å². The number of aliphatic hydroxyl groups is 1. The summed E-state index contributed by atoms with van der Waals surface area (Å²) in [4.78, 5) is 17.4. The predicted octanol–water partition coefficient (Wildman–Crippen LogP) is 6.16. The molecule has 0 spiro atoms. The predicted molar refractivity (Wildman–Crippen MR) is 219 cm³/mol. The lowest BCUT2D eigenvalue weighted by Gasteiger charge is -2.15. The van der Waals surface area contributed by atoms with E-state index in [1.807, 2.05) is 60.7 Å². The van der Waals surface area contributed by atoms with Crippen LogP contribution in [0.15, 0.2) is 85.5 Å². The summed E-state index contributed by atoms with van der Waals surface area (Å²) < 4.78 is 38.2. The maximum absolute atomic E-state index is 9.11. The fourth-order valence-electron chi connectivity index (χ4n) is 5.29. The fraction of sp³-hybridized carbons (Fsp3) is 0.256. The summed E-state index contributed by atoms with van der Waals surface area (Å²) in [6.45, 7) is 2.58. The average Bonchev–Trinajstić information content (AvgIpc) is 3.24. The van der Waals surface area contributed by atoms with E-state index in [0.29, 0.717) is 79.8 Å². The van der Waals surface area contributed by atoms with Crippen LogP contribution in [0.1, 0.15) is 11.1 Å². The van der Waals surface area contributed by atoms with Gasteiger partial charge in [-0.3, -0.25) is 0 Å². The minimum absolute atomic E-state index is 0.106. The highest BCUT2D eigenvalue weighted by atomic mass is 16.6. The van der Waals surface area contributed by atoms with Crippen molar-refractivity contribution in [1.82, 2.24) is 19.9 Å². The lowest BCUT2D eigenvalue weighted by atomic mass is 10.2. The Kier molecular flexibility index (Phi) is 16.0. The Hall–Kier alpha value is -6.68. The summed E-state index contributed by atoms with van der Waals surface area (Å²) in [6.07, 6.45) is 13.9. The third kappa shape index (κ3) is 11.9. The molecular formula is C43H44N6O8. The van der Waals surface area contributed by atoms with Crippen LogP contribution in [-0.4, -0.2) is 99.2 Å². The second-order valence-electron chi connectivity index (χ2n) is 11.9. The molecule has 0 saturated carbocycles. The zero-order valence-corrected chi connectivity index (χ0v) is 32.0. The van der Waals surface area contributed by atoms with Crippen LogP contribution in [0.3, 0.4) is 0 Å². The van der Waals surface area contributed by atoms with Crippen LogP contribution >= 0.6 is 0 Å². The number of hydrogen-bond acceptors (Lipinski definition) is 14. The molecule has 0 aliphatic rings. The van der Waals surface area contributed by atoms with Crippen LogP contribution in [0.2, 0.25) is 0 Å². The first kappa shape index (κ1) is 41.5. The molecule has 0 bridgehead atoms. The molecular weight excluding hydrogens is 729 g/mol. The molecule has 0 radical (unpaired) electrons. The number of fused-ring (bicyclic) bond motifs is 2. The first-order valence-electron chi connectivity index (χ1n) is 17.8. The Morgan fingerprint density at radius 1 is 0.526 bits per heavy atom. The van der Waals surface area contributed by atoms with Crippen LogP contribution in [0.4, 0.5) is 23.0 Å². The minimum Gasteiger partial charge on any atom is -0.487 e. The van der Waals surface area contributed by atoms with Crippen molar-refractivity contribution in [3.05, 3.63) is 96.6 Å². The molecule has 0 amide bonds. The molecule has 14 nitrogen and oxygen atoms in total. The number of ether oxygens (including phenoxy) is 7. The highest BCUT2D eigenvalue weighted by molar-refractivity contribution is 5.94. The molecule has 0 fully saturated rings. The van der Waals surface area contributed by atoms with Crippen LogP contribution in [0.25, 0.3) is 21.8 Å². The maximum atomic E-state index is 9.11. The van der Waals surface area contributed by atoms with Gasteiger partial charge in [-0.25, -0.2) is 19.9 Å². The van der Waals surface area contributed by atoms with Gasteiger partial charge in [0.05, 0.1) is 37.5 Å². The zero-order valence-electron chi connectivity index (χ0n) is 32.0. The van der Waals surface area contributed by atoms with Crippen molar-refractivity contribution in [2.75, 3.05) is 84.8 Å². The summed E-state index contributed by atoms with van der Waals surface area (Å²) in [5, 5.41) is 17.2. The van der Waals surface area contributed by atoms with Gasteiger partial charge in [0.1, 0.15) is 50.7 Å². The number of nitrogens with zero attached hydrogens (tertiary/aromatic N) is 4. The van der Waals surface area contributed by atoms with Crippen molar-refractivity contribution in [3.8, 4) is 47.7 Å². The summed E-state index contributed by atoms with van der Waals surface area (Å²) >= 11 is 0. The lowest BCUT2D eigenvalue weighted by Crippen LogP contribution is -2.09. The lowest BCUT2D eigenvalue weighted by molar-refractivity contribution is 0.132. The van der Waals surface area contributed by atoms with Gasteiger partial charge < -0.3 is 48.9 Å². The Balaban J connectivity index is 0.000000218. The minimum atomic E-state index is -0.106. The van der Waals surface area contributed by atoms with E-state index >= 15 is 0 Å². The average molecular weight is 773 g/mol. The zero-order chi connectivity index (χ0) is 40.2. The molecule has 2 aromatic heterocycles. The molecule has 2 heterocycles. The number of aromatic nitrogens is 4. The first-order chi connectivity index (χ1) is 28.0. The second-order valence-corrected chi connectivity index (χ2v) is 11.9. The fourth-order valence-corrected chi connectivity index (χ4v) is 5.29. The Morgan fingerprint density at radius 2 is 0.930 bits per heavy atom. The smallest absolute Gasteiger partial charge is 0.163 e. The third-order valence-corrected chi connectivity index (χ3v) is 7.97. The summed E-state index contributed by atoms with van der Waals surface area (Å²) in [5.41, 5.74) is 4.61. The molecule has 6 aromatic rings. The van der Waals surface area contributed by atoms with E-state index in [2.05, 4.69) is 42.4 Å². The molecule has 6 rings (SSSR count). The van der Waals surface area contributed by atoms with Crippen molar-refractivity contribution in [2.24, 2.45) is 0 Å². The standard InChI is InChI=1S/C22H23N3O4.C21H21N3O4/c1-4-16-6-5-7-17(12-16)25-22-18-13-20(28-10-8-26-2)21(29-11-9-27-3)14-19(18)23-15-24-22;1-3-15-5-4-6-16(11-15)24-21-17-12-19(27-8-7-25)20(28-10-9-26-2)13-18(17)22-14-23-21/h1,5-7,12-15H,8-11H2,2-3H3,(H,23,24,25);1,4-6,11-14,25H,7-10H2,2H3,(H,22,23,24). The van der Waals surface area contributed by atoms with E-state index < -0.39 is 0 Å². The van der Waals surface area contributed by atoms with Gasteiger partial charge in [-0.1, -0.05) is 24.0 Å². The Morgan fingerprint density at radius 3 is 1.32 bits per heavy atom. The van der Waals surface area contributed by atoms with Gasteiger partial charge >= 0.3 is 0 Å². The third-order valence-electron chi connectivity index (χ3n) is 7.97. The molecule has 4 aromatic carbocycles. The van der Waals surface area contributed by atoms with Gasteiger partial charge in [-0.2, -0.15) is 0 Å². The number of anilines is 4. The number of hydrogen-bond donors (Lipinski definition) is 3. The maximum Gasteiger partial charge on any atom is 0.163 e. The van der Waals surface area contributed by atoms with Gasteiger partial charge in [0.25, 0.3) is 0 Å². The number of rotatable bonds is 19. The van der Waals surface area contributed by atoms with E-state index in [9.17, 15) is 0 Å². The van der Waals surface area contributed by atoms with Gasteiger partial charge in [0, 0.05) is 66.7 Å². The Labute approximate surface area is 331 Å². The molecule has 0 saturated heterocycles. The molecule has 0 unspecified atom stereocenters. The van der Waals surface area contributed by atoms with Crippen LogP contribution < -0.4 is 29.6 Å². The second kappa shape index (κ2) is 22.0. The summed E-state index contributed by atoms with van der Waals surface area (Å²) in [7, 11) is 4.85. The van der Waals surface area contributed by atoms with Gasteiger partial charge in [0.2, 0.25) is 0 Å². The molecule has 294 valence electrons. The van der Waals surface area contributed by atoms with Crippen LogP contribution in [0, 0.1) is 24.7 Å². The normalized spacial score (nSPS) is 10.5. The summed E-state index contributed by atoms with van der Waals surface area (Å²) in [5.74, 6) is 8.68. The SMILES string of the molecule is C#Cc1cccc(Nc2ncnc3cc(OCCOC)c(OCCO)cc23)c1.C#Cc1cccc(Nc2ncnc3cc(OCCOC)c(OCCOC)cc23)c1. The van der Waals surface area contributed by atoms with Gasteiger partial charge in [-0.05, 0) is 48.5 Å². The number of benzene rings is 4. The van der Waals surface area contributed by atoms with Crippen molar-refractivity contribution >= 4 is 44.8 Å². The number of nitrogens with one attached hydrogen (secondary N) is 2. The van der Waals surface area contributed by atoms with Crippen LogP contribution in [-0.2, 0) is 14.2 Å². The van der Waals surface area contributed by atoms with Gasteiger partial charge in [0.15, 0.2) is 23.0 Å². The monoisotopic (exact) mass is 772 g/mol.